The Morgan fingerprint density at radius 3 is 2.47 bits per heavy atom. The second-order valence-corrected chi connectivity index (χ2v) is 8.97. The van der Waals surface area contributed by atoms with Crippen LogP contribution >= 0.6 is 0 Å². The van der Waals surface area contributed by atoms with Crippen LogP contribution in [-0.4, -0.2) is 44.0 Å². The molecule has 2 fully saturated rings. The summed E-state index contributed by atoms with van der Waals surface area (Å²) in [5, 5.41) is 3.09. The molecular weight excluding hydrogens is 404 g/mol. The average molecular weight is 437 g/mol. The van der Waals surface area contributed by atoms with Gasteiger partial charge >= 0.3 is 0 Å². The molecule has 170 valence electrons. The molecule has 1 N–H and O–H groups in total. The molecule has 4 rings (SSSR count). The highest BCUT2D eigenvalue weighted by molar-refractivity contribution is 5.83. The number of hydrogen-bond acceptors (Lipinski definition) is 4. The van der Waals surface area contributed by atoms with Crippen LogP contribution in [0.2, 0.25) is 0 Å². The van der Waals surface area contributed by atoms with E-state index < -0.39 is 0 Å². The molecule has 2 aromatic rings. The van der Waals surface area contributed by atoms with E-state index in [9.17, 15) is 9.59 Å². The number of benzene rings is 2. The molecule has 2 atom stereocenters. The largest absolute Gasteiger partial charge is 0.493 e. The molecular formula is C26H32N2O4. The zero-order valence-electron chi connectivity index (χ0n) is 19.1. The molecule has 2 amide bonds. The minimum absolute atomic E-state index is 0.00489. The van der Waals surface area contributed by atoms with E-state index in [0.717, 1.165) is 24.0 Å². The Bertz CT molecular complexity index is 986. The summed E-state index contributed by atoms with van der Waals surface area (Å²) >= 11 is 0. The molecule has 0 radical (unpaired) electrons. The lowest BCUT2D eigenvalue weighted by Crippen LogP contribution is -2.48. The molecule has 6 nitrogen and oxygen atoms in total. The number of aryl methyl sites for hydroxylation is 1. The first-order valence-electron chi connectivity index (χ1n) is 11.3. The summed E-state index contributed by atoms with van der Waals surface area (Å²) in [4.78, 5) is 27.9. The molecule has 1 saturated carbocycles. The number of hydrogen-bond donors (Lipinski definition) is 1. The Hall–Kier alpha value is -3.02. The van der Waals surface area contributed by atoms with Crippen molar-refractivity contribution in [2.75, 3.05) is 27.3 Å². The van der Waals surface area contributed by atoms with Crippen LogP contribution in [0.15, 0.2) is 42.5 Å². The Labute approximate surface area is 189 Å². The number of carbonyl (C=O) groups is 2. The summed E-state index contributed by atoms with van der Waals surface area (Å²) < 4.78 is 10.8. The van der Waals surface area contributed by atoms with Crippen molar-refractivity contribution < 1.29 is 19.1 Å². The number of ether oxygens (including phenoxy) is 2. The van der Waals surface area contributed by atoms with Crippen molar-refractivity contribution in [2.45, 2.75) is 38.6 Å². The van der Waals surface area contributed by atoms with Crippen molar-refractivity contribution in [1.29, 1.82) is 0 Å². The molecule has 0 unspecified atom stereocenters. The summed E-state index contributed by atoms with van der Waals surface area (Å²) in [5.41, 5.74) is 3.31. The van der Waals surface area contributed by atoms with Crippen molar-refractivity contribution in [3.05, 3.63) is 59.2 Å². The van der Waals surface area contributed by atoms with E-state index >= 15 is 0 Å². The molecule has 1 aliphatic carbocycles. The van der Waals surface area contributed by atoms with E-state index in [4.69, 9.17) is 9.47 Å². The standard InChI is InChI=1S/C26H32N2O4/c1-17-5-4-6-18(11-17)14-27-25(29)22-12-21(15-28(16-22)26(30)19-7-8-19)20-9-10-23(31-2)24(13-20)32-3/h4-6,9-11,13,19,21-22H,7-8,12,14-16H2,1-3H3,(H,27,29)/t21-,22-/m0/s1. The zero-order valence-corrected chi connectivity index (χ0v) is 19.1. The molecule has 2 aromatic carbocycles. The Morgan fingerprint density at radius 1 is 1.00 bits per heavy atom. The van der Waals surface area contributed by atoms with Gasteiger partial charge < -0.3 is 19.7 Å². The van der Waals surface area contributed by atoms with Gasteiger partial charge in [0.05, 0.1) is 20.1 Å². The number of piperidine rings is 1. The highest BCUT2D eigenvalue weighted by Crippen LogP contribution is 2.38. The van der Waals surface area contributed by atoms with Crippen molar-refractivity contribution >= 4 is 11.8 Å². The van der Waals surface area contributed by atoms with Crippen LogP contribution in [0.25, 0.3) is 0 Å². The fourth-order valence-corrected chi connectivity index (χ4v) is 4.56. The first-order valence-corrected chi connectivity index (χ1v) is 11.3. The van der Waals surface area contributed by atoms with Crippen LogP contribution in [0.4, 0.5) is 0 Å². The van der Waals surface area contributed by atoms with Crippen LogP contribution in [-0.2, 0) is 16.1 Å². The average Bonchev–Trinajstić information content (AvgIpc) is 3.67. The molecule has 32 heavy (non-hydrogen) atoms. The van der Waals surface area contributed by atoms with Crippen LogP contribution in [0.5, 0.6) is 11.5 Å². The van der Waals surface area contributed by atoms with E-state index in [0.29, 0.717) is 37.6 Å². The number of nitrogens with one attached hydrogen (secondary N) is 1. The van der Waals surface area contributed by atoms with Crippen LogP contribution in [0.1, 0.15) is 41.9 Å². The maximum absolute atomic E-state index is 13.1. The number of amides is 2. The van der Waals surface area contributed by atoms with Gasteiger partial charge in [0.25, 0.3) is 0 Å². The third-order valence-corrected chi connectivity index (χ3v) is 6.49. The molecule has 2 aliphatic rings. The zero-order chi connectivity index (χ0) is 22.7. The van der Waals surface area contributed by atoms with Crippen molar-refractivity contribution in [3.63, 3.8) is 0 Å². The molecule has 0 aromatic heterocycles. The molecule has 0 spiro atoms. The van der Waals surface area contributed by atoms with E-state index in [2.05, 4.69) is 11.4 Å². The van der Waals surface area contributed by atoms with Gasteiger partial charge in [-0.1, -0.05) is 35.9 Å². The van der Waals surface area contributed by atoms with E-state index in [1.807, 2.05) is 48.2 Å². The third-order valence-electron chi connectivity index (χ3n) is 6.49. The van der Waals surface area contributed by atoms with Gasteiger partial charge in [-0.3, -0.25) is 9.59 Å². The van der Waals surface area contributed by atoms with Gasteiger partial charge in [0.15, 0.2) is 11.5 Å². The normalized spacial score (nSPS) is 20.5. The van der Waals surface area contributed by atoms with Gasteiger partial charge in [-0.05, 0) is 49.4 Å². The number of nitrogens with zero attached hydrogens (tertiary/aromatic N) is 1. The van der Waals surface area contributed by atoms with Crippen molar-refractivity contribution in [1.82, 2.24) is 10.2 Å². The Morgan fingerprint density at radius 2 is 1.78 bits per heavy atom. The fraction of sp³-hybridized carbons (Fsp3) is 0.462. The summed E-state index contributed by atoms with van der Waals surface area (Å²) in [6, 6.07) is 14.0. The highest BCUT2D eigenvalue weighted by atomic mass is 16.5. The predicted octanol–water partition coefficient (Wildman–Crippen LogP) is 3.67. The maximum atomic E-state index is 13.1. The predicted molar refractivity (Wildman–Crippen MR) is 123 cm³/mol. The fourth-order valence-electron chi connectivity index (χ4n) is 4.56. The first-order chi connectivity index (χ1) is 15.5. The quantitative estimate of drug-likeness (QED) is 0.719. The number of carbonyl (C=O) groups excluding carboxylic acids is 2. The monoisotopic (exact) mass is 436 g/mol. The van der Waals surface area contributed by atoms with E-state index in [-0.39, 0.29) is 29.6 Å². The van der Waals surface area contributed by atoms with Gasteiger partial charge in [-0.2, -0.15) is 0 Å². The van der Waals surface area contributed by atoms with Gasteiger partial charge in [0.2, 0.25) is 11.8 Å². The summed E-state index contributed by atoms with van der Waals surface area (Å²) in [6.07, 6.45) is 2.62. The van der Waals surface area contributed by atoms with E-state index in [1.54, 1.807) is 14.2 Å². The van der Waals surface area contributed by atoms with Crippen molar-refractivity contribution in [3.8, 4) is 11.5 Å². The molecule has 6 heteroatoms. The van der Waals surface area contributed by atoms with Gasteiger partial charge in [-0.25, -0.2) is 0 Å². The lowest BCUT2D eigenvalue weighted by Gasteiger charge is -2.37. The highest BCUT2D eigenvalue weighted by Gasteiger charge is 2.39. The lowest BCUT2D eigenvalue weighted by molar-refractivity contribution is -0.137. The molecule has 1 heterocycles. The van der Waals surface area contributed by atoms with Gasteiger partial charge in [0, 0.05) is 31.5 Å². The third kappa shape index (κ3) is 5.06. The van der Waals surface area contributed by atoms with Crippen LogP contribution in [0, 0.1) is 18.8 Å². The van der Waals surface area contributed by atoms with Crippen LogP contribution < -0.4 is 14.8 Å². The second-order valence-electron chi connectivity index (χ2n) is 8.97. The molecule has 1 aliphatic heterocycles. The minimum atomic E-state index is -0.241. The van der Waals surface area contributed by atoms with Crippen LogP contribution in [0.3, 0.4) is 0 Å². The number of likely N-dealkylation sites (tertiary alicyclic amines) is 1. The van der Waals surface area contributed by atoms with E-state index in [1.165, 1.54) is 5.56 Å². The first kappa shape index (κ1) is 22.2. The number of rotatable bonds is 7. The van der Waals surface area contributed by atoms with Gasteiger partial charge in [0.1, 0.15) is 0 Å². The van der Waals surface area contributed by atoms with Crippen molar-refractivity contribution in [2.24, 2.45) is 11.8 Å². The Kier molecular flexibility index (Phi) is 6.68. The summed E-state index contributed by atoms with van der Waals surface area (Å²) in [7, 11) is 3.23. The lowest BCUT2D eigenvalue weighted by atomic mass is 9.83. The topological polar surface area (TPSA) is 67.9 Å². The maximum Gasteiger partial charge on any atom is 0.225 e. The minimum Gasteiger partial charge on any atom is -0.493 e. The van der Waals surface area contributed by atoms with Gasteiger partial charge in [-0.15, -0.1) is 0 Å². The smallest absolute Gasteiger partial charge is 0.225 e. The Balaban J connectivity index is 1.51. The number of methoxy groups -OCH3 is 2. The second kappa shape index (κ2) is 9.63. The molecule has 1 saturated heterocycles. The molecule has 0 bridgehead atoms. The summed E-state index contributed by atoms with van der Waals surface area (Å²) in [5.74, 6) is 1.49. The SMILES string of the molecule is COc1ccc([C@H]2C[C@H](C(=O)NCc3cccc(C)c3)CN(C(=O)C3CC3)C2)cc1OC. The summed E-state index contributed by atoms with van der Waals surface area (Å²) in [6.45, 7) is 3.65.